The molecule has 1 aromatic carbocycles. The van der Waals surface area contributed by atoms with E-state index in [0.717, 1.165) is 0 Å². The molecule has 1 aromatic rings. The number of nitrogens with one attached hydrogen (secondary N) is 1. The highest BCUT2D eigenvalue weighted by Gasteiger charge is 2.15. The van der Waals surface area contributed by atoms with Crippen LogP contribution in [0.5, 0.6) is 0 Å². The van der Waals surface area contributed by atoms with Crippen molar-refractivity contribution in [2.45, 2.75) is 37.6 Å². The Kier molecular flexibility index (Phi) is 4.90. The fraction of sp³-hybridized carbons (Fsp3) is 0.417. The fourth-order valence-corrected chi connectivity index (χ4v) is 2.56. The van der Waals surface area contributed by atoms with E-state index in [0.29, 0.717) is 17.7 Å². The predicted octanol–water partition coefficient (Wildman–Crippen LogP) is 1.31. The number of rotatable bonds is 6. The van der Waals surface area contributed by atoms with E-state index in [1.165, 1.54) is 6.07 Å². The number of anilines is 1. The van der Waals surface area contributed by atoms with Crippen molar-refractivity contribution < 1.29 is 18.3 Å². The molecule has 0 saturated heterocycles. The summed E-state index contributed by atoms with van der Waals surface area (Å²) < 4.78 is 22.8. The average molecular weight is 286 g/mol. The molecule has 7 heteroatoms. The third kappa shape index (κ3) is 4.53. The third-order valence-electron chi connectivity index (χ3n) is 2.78. The van der Waals surface area contributed by atoms with Crippen LogP contribution in [0.1, 0.15) is 25.3 Å². The molecule has 19 heavy (non-hydrogen) atoms. The number of aliphatic carboxylic acids is 1. The Bertz CT molecular complexity index is 569. The summed E-state index contributed by atoms with van der Waals surface area (Å²) in [6, 6.07) is 4.70. The minimum Gasteiger partial charge on any atom is -0.481 e. The van der Waals surface area contributed by atoms with Crippen LogP contribution in [-0.4, -0.2) is 25.5 Å². The van der Waals surface area contributed by atoms with E-state index in [4.69, 9.17) is 10.2 Å². The molecule has 0 heterocycles. The summed E-state index contributed by atoms with van der Waals surface area (Å²) in [5.74, 6) is -0.858. The molecular weight excluding hydrogens is 268 g/mol. The maximum Gasteiger partial charge on any atom is 0.303 e. The van der Waals surface area contributed by atoms with Crippen LogP contribution >= 0.6 is 0 Å². The van der Waals surface area contributed by atoms with E-state index in [1.54, 1.807) is 19.1 Å². The molecule has 0 aromatic heterocycles. The van der Waals surface area contributed by atoms with E-state index in [2.05, 4.69) is 5.32 Å². The number of carboxylic acid groups (broad SMARTS) is 1. The van der Waals surface area contributed by atoms with Gasteiger partial charge in [-0.2, -0.15) is 0 Å². The maximum absolute atomic E-state index is 11.4. The highest BCUT2D eigenvalue weighted by Crippen LogP contribution is 2.23. The second-order valence-electron chi connectivity index (χ2n) is 4.45. The molecule has 0 spiro atoms. The molecule has 0 fully saturated rings. The Balaban J connectivity index is 2.88. The van der Waals surface area contributed by atoms with Gasteiger partial charge < -0.3 is 10.4 Å². The van der Waals surface area contributed by atoms with Crippen molar-refractivity contribution in [1.82, 2.24) is 0 Å². The van der Waals surface area contributed by atoms with Crippen LogP contribution in [0.2, 0.25) is 0 Å². The third-order valence-corrected chi connectivity index (χ3v) is 3.84. The van der Waals surface area contributed by atoms with Gasteiger partial charge in [0, 0.05) is 18.2 Å². The molecule has 4 N–H and O–H groups in total. The smallest absolute Gasteiger partial charge is 0.303 e. The monoisotopic (exact) mass is 286 g/mol. The van der Waals surface area contributed by atoms with Gasteiger partial charge in [0.2, 0.25) is 10.0 Å². The van der Waals surface area contributed by atoms with Crippen LogP contribution in [0.15, 0.2) is 23.1 Å². The molecule has 0 aliphatic carbocycles. The van der Waals surface area contributed by atoms with Gasteiger partial charge in [0.1, 0.15) is 0 Å². The summed E-state index contributed by atoms with van der Waals surface area (Å²) in [6.07, 6.45) is 0.510. The SMILES string of the molecule is Cc1c(NC(C)CCC(=O)O)cccc1S(N)(=O)=O. The molecule has 6 nitrogen and oxygen atoms in total. The number of carboxylic acids is 1. The lowest BCUT2D eigenvalue weighted by molar-refractivity contribution is -0.137. The Hall–Kier alpha value is -1.60. The van der Waals surface area contributed by atoms with Crippen molar-refractivity contribution in [2.75, 3.05) is 5.32 Å². The molecule has 1 unspecified atom stereocenters. The van der Waals surface area contributed by atoms with Crippen molar-refractivity contribution in [3.63, 3.8) is 0 Å². The lowest BCUT2D eigenvalue weighted by atomic mass is 10.1. The number of carbonyl (C=O) groups is 1. The number of nitrogens with two attached hydrogens (primary N) is 1. The van der Waals surface area contributed by atoms with Crippen LogP contribution in [0.25, 0.3) is 0 Å². The second-order valence-corrected chi connectivity index (χ2v) is 5.98. The van der Waals surface area contributed by atoms with Crippen molar-refractivity contribution >= 4 is 21.7 Å². The normalized spacial score (nSPS) is 13.0. The number of hydrogen-bond acceptors (Lipinski definition) is 4. The first-order valence-corrected chi connectivity index (χ1v) is 7.37. The lowest BCUT2D eigenvalue weighted by Crippen LogP contribution is -2.19. The Morgan fingerprint density at radius 1 is 1.47 bits per heavy atom. The molecule has 1 atom stereocenters. The lowest BCUT2D eigenvalue weighted by Gasteiger charge is -2.17. The molecule has 0 aliphatic rings. The maximum atomic E-state index is 11.4. The van der Waals surface area contributed by atoms with E-state index in [-0.39, 0.29) is 17.4 Å². The fourth-order valence-electron chi connectivity index (χ4n) is 1.76. The number of hydrogen-bond donors (Lipinski definition) is 3. The Morgan fingerprint density at radius 2 is 2.11 bits per heavy atom. The molecule has 0 radical (unpaired) electrons. The summed E-state index contributed by atoms with van der Waals surface area (Å²) in [5, 5.41) is 16.8. The van der Waals surface area contributed by atoms with Gasteiger partial charge in [-0.3, -0.25) is 4.79 Å². The predicted molar refractivity (Wildman–Crippen MR) is 72.5 cm³/mol. The van der Waals surface area contributed by atoms with Gasteiger partial charge in [-0.1, -0.05) is 6.07 Å². The van der Waals surface area contributed by atoms with Crippen LogP contribution in [-0.2, 0) is 14.8 Å². The van der Waals surface area contributed by atoms with E-state index in [9.17, 15) is 13.2 Å². The molecular formula is C12H18N2O4S. The molecule has 0 aliphatic heterocycles. The molecule has 106 valence electrons. The molecule has 0 bridgehead atoms. The summed E-state index contributed by atoms with van der Waals surface area (Å²) >= 11 is 0. The summed E-state index contributed by atoms with van der Waals surface area (Å²) in [5.41, 5.74) is 1.18. The summed E-state index contributed by atoms with van der Waals surface area (Å²) in [7, 11) is -3.75. The van der Waals surface area contributed by atoms with Crippen molar-refractivity contribution in [3.8, 4) is 0 Å². The van der Waals surface area contributed by atoms with Crippen molar-refractivity contribution in [3.05, 3.63) is 23.8 Å². The Morgan fingerprint density at radius 3 is 2.63 bits per heavy atom. The second kappa shape index (κ2) is 6.03. The van der Waals surface area contributed by atoms with E-state index >= 15 is 0 Å². The zero-order valence-corrected chi connectivity index (χ0v) is 11.7. The van der Waals surface area contributed by atoms with Crippen LogP contribution in [0.3, 0.4) is 0 Å². The highest BCUT2D eigenvalue weighted by molar-refractivity contribution is 7.89. The quantitative estimate of drug-likeness (QED) is 0.730. The van der Waals surface area contributed by atoms with Gasteiger partial charge in [0.05, 0.1) is 4.90 Å². The van der Waals surface area contributed by atoms with Crippen LogP contribution in [0, 0.1) is 6.92 Å². The summed E-state index contributed by atoms with van der Waals surface area (Å²) in [6.45, 7) is 3.50. The van der Waals surface area contributed by atoms with Gasteiger partial charge in [0.25, 0.3) is 0 Å². The number of primary sulfonamides is 1. The number of sulfonamides is 1. The highest BCUT2D eigenvalue weighted by atomic mass is 32.2. The van der Waals surface area contributed by atoms with E-state index < -0.39 is 16.0 Å². The van der Waals surface area contributed by atoms with Gasteiger partial charge in [-0.15, -0.1) is 0 Å². The van der Waals surface area contributed by atoms with Crippen LogP contribution in [0.4, 0.5) is 5.69 Å². The summed E-state index contributed by atoms with van der Waals surface area (Å²) in [4.78, 5) is 10.6. The van der Waals surface area contributed by atoms with Gasteiger partial charge in [-0.25, -0.2) is 13.6 Å². The topological polar surface area (TPSA) is 109 Å². The first kappa shape index (κ1) is 15.5. The van der Waals surface area contributed by atoms with Gasteiger partial charge in [0.15, 0.2) is 0 Å². The average Bonchev–Trinajstić information content (AvgIpc) is 2.27. The van der Waals surface area contributed by atoms with Gasteiger partial charge in [-0.05, 0) is 38.0 Å². The Labute approximate surface area is 112 Å². The molecule has 0 amide bonds. The van der Waals surface area contributed by atoms with Crippen molar-refractivity contribution in [2.24, 2.45) is 5.14 Å². The largest absolute Gasteiger partial charge is 0.481 e. The first-order valence-electron chi connectivity index (χ1n) is 5.82. The zero-order valence-electron chi connectivity index (χ0n) is 10.9. The molecule has 0 saturated carbocycles. The van der Waals surface area contributed by atoms with Gasteiger partial charge >= 0.3 is 5.97 Å². The minimum absolute atomic E-state index is 0.0576. The zero-order chi connectivity index (χ0) is 14.6. The molecule has 1 rings (SSSR count). The standard InChI is InChI=1S/C12H18N2O4S/c1-8(6-7-12(15)16)14-10-4-3-5-11(9(10)2)19(13,17)18/h3-5,8,14H,6-7H2,1-2H3,(H,15,16)(H2,13,17,18). The number of benzene rings is 1. The minimum atomic E-state index is -3.75. The first-order chi connectivity index (χ1) is 8.71. The van der Waals surface area contributed by atoms with Crippen LogP contribution < -0.4 is 10.5 Å². The van der Waals surface area contributed by atoms with Crippen molar-refractivity contribution in [1.29, 1.82) is 0 Å². The van der Waals surface area contributed by atoms with E-state index in [1.807, 2.05) is 6.92 Å².